The molecular formula is C19H31ClN2O2. The molecule has 1 aromatic carbocycles. The highest BCUT2D eigenvalue weighted by Gasteiger charge is 2.63. The van der Waals surface area contributed by atoms with Crippen LogP contribution in [0.3, 0.4) is 0 Å². The Kier molecular flexibility index (Phi) is 7.26. The zero-order chi connectivity index (χ0) is 17.1. The highest BCUT2D eigenvalue weighted by Crippen LogP contribution is 2.50. The lowest BCUT2D eigenvalue weighted by Crippen LogP contribution is -2.76. The van der Waals surface area contributed by atoms with E-state index in [9.17, 15) is 4.79 Å². The molecule has 2 unspecified atom stereocenters. The summed E-state index contributed by atoms with van der Waals surface area (Å²) in [6.45, 7) is 10.1. The molecule has 1 aliphatic carbocycles. The van der Waals surface area contributed by atoms with E-state index in [2.05, 4.69) is 12.1 Å². The third-order valence-electron chi connectivity index (χ3n) is 5.39. The largest absolute Gasteiger partial charge is 0.378 e. The van der Waals surface area contributed by atoms with Gasteiger partial charge < -0.3 is 15.4 Å². The molecule has 0 spiro atoms. The minimum Gasteiger partial charge on any atom is -0.378 e. The van der Waals surface area contributed by atoms with E-state index >= 15 is 0 Å². The molecule has 2 rings (SSSR count). The quantitative estimate of drug-likeness (QED) is 0.818. The first-order chi connectivity index (χ1) is 10.9. The predicted molar refractivity (Wildman–Crippen MR) is 100 cm³/mol. The third kappa shape index (κ3) is 3.76. The maximum Gasteiger partial charge on any atom is 0.243 e. The zero-order valence-corrected chi connectivity index (χ0v) is 16.1. The second-order valence-corrected chi connectivity index (χ2v) is 6.96. The van der Waals surface area contributed by atoms with E-state index in [1.807, 2.05) is 50.8 Å². The highest BCUT2D eigenvalue weighted by molar-refractivity contribution is 5.89. The number of rotatable bonds is 7. The number of carbonyl (C=O) groups excluding carboxylic acids is 1. The van der Waals surface area contributed by atoms with Crippen LogP contribution in [-0.4, -0.2) is 42.1 Å². The highest BCUT2D eigenvalue weighted by atomic mass is 35.5. The van der Waals surface area contributed by atoms with Crippen molar-refractivity contribution in [1.29, 1.82) is 0 Å². The molecular weight excluding hydrogens is 324 g/mol. The molecule has 1 fully saturated rings. The minimum absolute atomic E-state index is 0. The lowest BCUT2D eigenvalue weighted by atomic mass is 9.54. The number of halogens is 1. The Bertz CT molecular complexity index is 535. The van der Waals surface area contributed by atoms with E-state index < -0.39 is 5.54 Å². The van der Waals surface area contributed by atoms with E-state index in [0.717, 1.165) is 6.42 Å². The molecule has 0 heterocycles. The molecule has 1 saturated carbocycles. The van der Waals surface area contributed by atoms with Crippen molar-refractivity contribution in [3.63, 3.8) is 0 Å². The summed E-state index contributed by atoms with van der Waals surface area (Å²) in [5.41, 5.74) is 6.61. The van der Waals surface area contributed by atoms with Crippen molar-refractivity contribution in [1.82, 2.24) is 4.90 Å². The Labute approximate surface area is 152 Å². The van der Waals surface area contributed by atoms with Gasteiger partial charge in [-0.25, -0.2) is 0 Å². The Morgan fingerprint density at radius 2 is 1.92 bits per heavy atom. The van der Waals surface area contributed by atoms with E-state index in [1.54, 1.807) is 0 Å². The summed E-state index contributed by atoms with van der Waals surface area (Å²) < 4.78 is 5.73. The molecule has 1 amide bonds. The average molecular weight is 355 g/mol. The van der Waals surface area contributed by atoms with Crippen molar-refractivity contribution in [2.24, 2.45) is 11.1 Å². The van der Waals surface area contributed by atoms with Crippen molar-refractivity contribution < 1.29 is 9.53 Å². The van der Waals surface area contributed by atoms with Gasteiger partial charge in [-0.15, -0.1) is 12.4 Å². The SMILES string of the molecule is CCOC1CC(N)(C(=O)N(CC)CCc2ccccc2)C1(C)C.Cl. The number of nitrogens with two attached hydrogens (primary N) is 1. The van der Waals surface area contributed by atoms with Crippen LogP contribution < -0.4 is 5.73 Å². The molecule has 0 bridgehead atoms. The number of hydrogen-bond acceptors (Lipinski definition) is 3. The fraction of sp³-hybridized carbons (Fsp3) is 0.632. The van der Waals surface area contributed by atoms with Crippen molar-refractivity contribution in [3.8, 4) is 0 Å². The van der Waals surface area contributed by atoms with Crippen LogP contribution in [0.5, 0.6) is 0 Å². The van der Waals surface area contributed by atoms with Gasteiger partial charge in [-0.1, -0.05) is 44.2 Å². The summed E-state index contributed by atoms with van der Waals surface area (Å²) in [6.07, 6.45) is 1.52. The van der Waals surface area contributed by atoms with E-state index in [4.69, 9.17) is 10.5 Å². The van der Waals surface area contributed by atoms with E-state index in [-0.39, 0.29) is 29.8 Å². The first-order valence-corrected chi connectivity index (χ1v) is 8.60. The summed E-state index contributed by atoms with van der Waals surface area (Å²) >= 11 is 0. The van der Waals surface area contributed by atoms with Crippen LogP contribution in [0.4, 0.5) is 0 Å². The molecule has 2 atom stereocenters. The first kappa shape index (κ1) is 20.9. The van der Waals surface area contributed by atoms with Gasteiger partial charge in [0.05, 0.1) is 6.10 Å². The van der Waals surface area contributed by atoms with Crippen molar-refractivity contribution >= 4 is 18.3 Å². The first-order valence-electron chi connectivity index (χ1n) is 8.60. The Balaban J connectivity index is 0.00000288. The van der Waals surface area contributed by atoms with Crippen LogP contribution in [0.25, 0.3) is 0 Å². The smallest absolute Gasteiger partial charge is 0.243 e. The van der Waals surface area contributed by atoms with Crippen LogP contribution in [0.1, 0.15) is 39.7 Å². The Hall–Kier alpha value is -1.10. The average Bonchev–Trinajstić information content (AvgIpc) is 2.55. The number of benzene rings is 1. The minimum atomic E-state index is -0.820. The molecule has 1 aromatic rings. The number of likely N-dealkylation sites (N-methyl/N-ethyl adjacent to an activating group) is 1. The lowest BCUT2D eigenvalue weighted by Gasteiger charge is -2.58. The fourth-order valence-corrected chi connectivity index (χ4v) is 3.39. The van der Waals surface area contributed by atoms with Gasteiger partial charge in [0.2, 0.25) is 5.91 Å². The van der Waals surface area contributed by atoms with Crippen molar-refractivity contribution in [2.75, 3.05) is 19.7 Å². The standard InChI is InChI=1S/C19H30N2O2.ClH/c1-5-21(13-12-15-10-8-7-9-11-15)17(22)19(20)14-16(23-6-2)18(19,3)4;/h7-11,16H,5-6,12-14,20H2,1-4H3;1H. The van der Waals surface area contributed by atoms with E-state index in [0.29, 0.717) is 26.1 Å². The molecule has 0 radical (unpaired) electrons. The second kappa shape index (κ2) is 8.32. The molecule has 0 aliphatic heterocycles. The number of hydrogen-bond donors (Lipinski definition) is 1. The topological polar surface area (TPSA) is 55.6 Å². The monoisotopic (exact) mass is 354 g/mol. The molecule has 136 valence electrons. The van der Waals surface area contributed by atoms with Crippen LogP contribution in [0, 0.1) is 5.41 Å². The van der Waals surface area contributed by atoms with Gasteiger partial charge in [-0.05, 0) is 25.8 Å². The summed E-state index contributed by atoms with van der Waals surface area (Å²) in [5.74, 6) is 0.0527. The van der Waals surface area contributed by atoms with Gasteiger partial charge in [-0.2, -0.15) is 0 Å². The number of ether oxygens (including phenoxy) is 1. The summed E-state index contributed by atoms with van der Waals surface area (Å²) in [7, 11) is 0. The van der Waals surface area contributed by atoms with Gasteiger partial charge in [-0.3, -0.25) is 4.79 Å². The normalized spacial score (nSPS) is 24.6. The van der Waals surface area contributed by atoms with Gasteiger partial charge in [0.25, 0.3) is 0 Å². The predicted octanol–water partition coefficient (Wildman–Crippen LogP) is 3.03. The van der Waals surface area contributed by atoms with Crippen LogP contribution in [0.2, 0.25) is 0 Å². The van der Waals surface area contributed by atoms with Crippen LogP contribution >= 0.6 is 12.4 Å². The van der Waals surface area contributed by atoms with E-state index in [1.165, 1.54) is 5.56 Å². The third-order valence-corrected chi connectivity index (χ3v) is 5.39. The molecule has 0 aromatic heterocycles. The zero-order valence-electron chi connectivity index (χ0n) is 15.2. The molecule has 4 nitrogen and oxygen atoms in total. The van der Waals surface area contributed by atoms with Gasteiger partial charge in [0.15, 0.2) is 0 Å². The number of amides is 1. The molecule has 1 aliphatic rings. The number of carbonyl (C=O) groups is 1. The second-order valence-electron chi connectivity index (χ2n) is 6.96. The lowest BCUT2D eigenvalue weighted by molar-refractivity contribution is -0.179. The van der Waals surface area contributed by atoms with Gasteiger partial charge in [0, 0.05) is 31.5 Å². The van der Waals surface area contributed by atoms with Crippen molar-refractivity contribution in [3.05, 3.63) is 35.9 Å². The summed E-state index contributed by atoms with van der Waals surface area (Å²) in [4.78, 5) is 14.9. The molecule has 24 heavy (non-hydrogen) atoms. The fourth-order valence-electron chi connectivity index (χ4n) is 3.39. The summed E-state index contributed by atoms with van der Waals surface area (Å²) in [6, 6.07) is 10.2. The summed E-state index contributed by atoms with van der Waals surface area (Å²) in [5, 5.41) is 0. The molecule has 5 heteroatoms. The van der Waals surface area contributed by atoms with Crippen molar-refractivity contribution in [2.45, 2.75) is 52.2 Å². The van der Waals surface area contributed by atoms with Crippen LogP contribution in [-0.2, 0) is 16.0 Å². The van der Waals surface area contributed by atoms with Gasteiger partial charge in [0.1, 0.15) is 5.54 Å². The van der Waals surface area contributed by atoms with Gasteiger partial charge >= 0.3 is 0 Å². The molecule has 0 saturated heterocycles. The maximum absolute atomic E-state index is 13.0. The maximum atomic E-state index is 13.0. The Morgan fingerprint density at radius 3 is 2.42 bits per heavy atom. The number of nitrogens with zero attached hydrogens (tertiary/aromatic N) is 1. The Morgan fingerprint density at radius 1 is 1.29 bits per heavy atom. The van der Waals surface area contributed by atoms with Crippen LogP contribution in [0.15, 0.2) is 30.3 Å². The molecule has 2 N–H and O–H groups in total.